The average molecular weight is 476 g/mol. The third-order valence-corrected chi connectivity index (χ3v) is 5.69. The van der Waals surface area contributed by atoms with Crippen LogP contribution in [0.1, 0.15) is 29.2 Å². The van der Waals surface area contributed by atoms with Gasteiger partial charge in [0.05, 0.1) is 29.0 Å². The van der Waals surface area contributed by atoms with Gasteiger partial charge in [-0.1, -0.05) is 35.0 Å². The fourth-order valence-corrected chi connectivity index (χ4v) is 3.96. The predicted molar refractivity (Wildman–Crippen MR) is 113 cm³/mol. The number of nitriles is 2. The van der Waals surface area contributed by atoms with Gasteiger partial charge in [0.2, 0.25) is 9.05 Å². The van der Waals surface area contributed by atoms with E-state index in [1.165, 1.54) is 36.9 Å². The van der Waals surface area contributed by atoms with Gasteiger partial charge in [0, 0.05) is 33.4 Å². The molecule has 2 aromatic carbocycles. The smallest absolute Gasteiger partial charge is 0.236 e. The maximum absolute atomic E-state index is 10.8. The van der Waals surface area contributed by atoms with Crippen LogP contribution in [0.2, 0.25) is 10.0 Å². The molecule has 146 valence electrons. The Kier molecular flexibility index (Phi) is 9.81. The molecule has 2 rings (SSSR count). The van der Waals surface area contributed by atoms with Crippen LogP contribution in [0.5, 0.6) is 0 Å². The summed E-state index contributed by atoms with van der Waals surface area (Å²) < 4.78 is 21.6. The number of rotatable bonds is 4. The lowest BCUT2D eigenvalue weighted by molar-refractivity contribution is -0.109. The number of nitrogens with zero attached hydrogens (tertiary/aromatic N) is 2. The molecule has 5 nitrogen and oxygen atoms in total. The summed E-state index contributed by atoms with van der Waals surface area (Å²) in [6.07, 6.45) is 0. The highest BCUT2D eigenvalue weighted by molar-refractivity contribution is 8.13. The minimum atomic E-state index is -3.65. The van der Waals surface area contributed by atoms with Gasteiger partial charge in [-0.05, 0) is 47.5 Å². The summed E-state index contributed by atoms with van der Waals surface area (Å²) in [7, 11) is 1.42. The fraction of sp³-hybridized carbons (Fsp3) is 0.167. The summed E-state index contributed by atoms with van der Waals surface area (Å²) in [4.78, 5) is 10.7. The van der Waals surface area contributed by atoms with Crippen molar-refractivity contribution in [2.45, 2.75) is 18.4 Å². The van der Waals surface area contributed by atoms with E-state index in [2.05, 4.69) is 0 Å². The van der Waals surface area contributed by atoms with Gasteiger partial charge in [0.25, 0.3) is 0 Å². The molecule has 0 atom stereocenters. The SMILES string of the molecule is CC(=O)SCc1cc(C#N)ccc1Cl.N#Cc1ccc(Cl)c(CS(=O)(=O)Cl)c1. The van der Waals surface area contributed by atoms with Gasteiger partial charge in [0.15, 0.2) is 5.12 Å². The Morgan fingerprint density at radius 3 is 1.89 bits per heavy atom. The molecule has 0 aliphatic carbocycles. The lowest BCUT2D eigenvalue weighted by Crippen LogP contribution is -1.96. The van der Waals surface area contributed by atoms with Crippen LogP contribution in [0.15, 0.2) is 36.4 Å². The van der Waals surface area contributed by atoms with Crippen molar-refractivity contribution in [3.63, 3.8) is 0 Å². The highest BCUT2D eigenvalue weighted by Crippen LogP contribution is 2.23. The number of halogens is 3. The van der Waals surface area contributed by atoms with E-state index < -0.39 is 9.05 Å². The molecule has 2 aromatic rings. The highest BCUT2D eigenvalue weighted by Gasteiger charge is 2.11. The first-order valence-electron chi connectivity index (χ1n) is 7.48. The van der Waals surface area contributed by atoms with Crippen LogP contribution in [0.4, 0.5) is 0 Å². The predicted octanol–water partition coefficient (Wildman–Crippen LogP) is 5.27. The Bertz CT molecular complexity index is 1060. The van der Waals surface area contributed by atoms with Crippen molar-refractivity contribution >= 4 is 59.8 Å². The maximum Gasteiger partial charge on any atom is 0.236 e. The zero-order chi connectivity index (χ0) is 21.3. The number of carbonyl (C=O) groups is 1. The van der Waals surface area contributed by atoms with Crippen molar-refractivity contribution in [3.05, 3.63) is 68.7 Å². The van der Waals surface area contributed by atoms with Crippen LogP contribution in [0, 0.1) is 22.7 Å². The molecular weight excluding hydrogens is 463 g/mol. The molecule has 0 aliphatic rings. The topological polar surface area (TPSA) is 98.8 Å². The summed E-state index contributed by atoms with van der Waals surface area (Å²) in [5, 5.41) is 18.2. The molecule has 0 spiro atoms. The monoisotopic (exact) mass is 474 g/mol. The van der Waals surface area contributed by atoms with Crippen molar-refractivity contribution in [3.8, 4) is 12.1 Å². The molecule has 0 aromatic heterocycles. The molecule has 0 saturated carbocycles. The molecule has 0 N–H and O–H groups in total. The summed E-state index contributed by atoms with van der Waals surface area (Å²) in [5.41, 5.74) is 2.07. The van der Waals surface area contributed by atoms with E-state index in [0.29, 0.717) is 27.5 Å². The van der Waals surface area contributed by atoms with Crippen LogP contribution >= 0.6 is 45.6 Å². The lowest BCUT2D eigenvalue weighted by Gasteiger charge is -2.02. The number of thioether (sulfide) groups is 1. The molecule has 0 heterocycles. The summed E-state index contributed by atoms with van der Waals surface area (Å²) in [6, 6.07) is 13.3. The van der Waals surface area contributed by atoms with Crippen LogP contribution in [0.25, 0.3) is 0 Å². The van der Waals surface area contributed by atoms with Gasteiger partial charge in [-0.3, -0.25) is 4.79 Å². The average Bonchev–Trinajstić information content (AvgIpc) is 2.62. The molecule has 0 saturated heterocycles. The first-order chi connectivity index (χ1) is 13.1. The summed E-state index contributed by atoms with van der Waals surface area (Å²) >= 11 is 12.8. The van der Waals surface area contributed by atoms with Gasteiger partial charge in [0.1, 0.15) is 0 Å². The van der Waals surface area contributed by atoms with Crippen LogP contribution in [0.3, 0.4) is 0 Å². The number of hydrogen-bond donors (Lipinski definition) is 0. The zero-order valence-corrected chi connectivity index (χ0v) is 18.3. The van der Waals surface area contributed by atoms with Crippen molar-refractivity contribution in [2.24, 2.45) is 0 Å². The molecule has 0 unspecified atom stereocenters. The van der Waals surface area contributed by atoms with E-state index in [4.69, 9.17) is 44.4 Å². The summed E-state index contributed by atoms with van der Waals surface area (Å²) in [6.45, 7) is 1.51. The van der Waals surface area contributed by atoms with Crippen molar-refractivity contribution in [2.75, 3.05) is 0 Å². The van der Waals surface area contributed by atoms with Crippen molar-refractivity contribution < 1.29 is 13.2 Å². The van der Waals surface area contributed by atoms with Gasteiger partial charge in [-0.2, -0.15) is 10.5 Å². The highest BCUT2D eigenvalue weighted by atomic mass is 35.7. The Labute approximate surface area is 182 Å². The first-order valence-corrected chi connectivity index (χ1v) is 11.7. The molecule has 0 fully saturated rings. The largest absolute Gasteiger partial charge is 0.288 e. The molecular formula is C18H13Cl3N2O3S2. The minimum absolute atomic E-state index is 0.0448. The number of benzene rings is 2. The van der Waals surface area contributed by atoms with E-state index in [9.17, 15) is 13.2 Å². The van der Waals surface area contributed by atoms with Crippen LogP contribution in [-0.4, -0.2) is 13.5 Å². The Morgan fingerprint density at radius 2 is 1.46 bits per heavy atom. The van der Waals surface area contributed by atoms with E-state index in [-0.39, 0.29) is 15.9 Å². The second-order valence-electron chi connectivity index (χ2n) is 5.30. The second kappa shape index (κ2) is 11.3. The van der Waals surface area contributed by atoms with Crippen molar-refractivity contribution in [1.29, 1.82) is 10.5 Å². The zero-order valence-electron chi connectivity index (χ0n) is 14.4. The Hall–Kier alpha value is -1.74. The normalized spacial score (nSPS) is 10.2. The van der Waals surface area contributed by atoms with Gasteiger partial charge < -0.3 is 0 Å². The number of carbonyl (C=O) groups excluding carboxylic acids is 1. The Balaban J connectivity index is 0.000000280. The third kappa shape index (κ3) is 8.97. The lowest BCUT2D eigenvalue weighted by atomic mass is 10.1. The fourth-order valence-electron chi connectivity index (χ4n) is 1.87. The van der Waals surface area contributed by atoms with E-state index >= 15 is 0 Å². The third-order valence-electron chi connectivity index (χ3n) is 3.11. The van der Waals surface area contributed by atoms with Gasteiger partial charge >= 0.3 is 0 Å². The van der Waals surface area contributed by atoms with Crippen molar-refractivity contribution in [1.82, 2.24) is 0 Å². The van der Waals surface area contributed by atoms with Crippen LogP contribution < -0.4 is 0 Å². The molecule has 10 heteroatoms. The van der Waals surface area contributed by atoms with E-state index in [0.717, 1.165) is 5.56 Å². The van der Waals surface area contributed by atoms with Gasteiger partial charge in [-0.15, -0.1) is 0 Å². The minimum Gasteiger partial charge on any atom is -0.288 e. The summed E-state index contributed by atoms with van der Waals surface area (Å²) in [5.74, 6) is 0.145. The first kappa shape index (κ1) is 24.3. The van der Waals surface area contributed by atoms with E-state index in [1.807, 2.05) is 12.1 Å². The maximum atomic E-state index is 10.8. The van der Waals surface area contributed by atoms with Gasteiger partial charge in [-0.25, -0.2) is 8.42 Å². The number of hydrogen-bond acceptors (Lipinski definition) is 6. The Morgan fingerprint density at radius 1 is 1.00 bits per heavy atom. The molecule has 0 aliphatic heterocycles. The second-order valence-corrected chi connectivity index (χ2v) is 10.0. The molecule has 28 heavy (non-hydrogen) atoms. The quantitative estimate of drug-likeness (QED) is 0.558. The van der Waals surface area contributed by atoms with E-state index in [1.54, 1.807) is 18.2 Å². The molecule has 0 bridgehead atoms. The molecule has 0 amide bonds. The molecule has 0 radical (unpaired) electrons. The standard InChI is InChI=1S/C10H8ClNOS.C8H5Cl2NO2S/c1-7(13)14-6-9-4-8(5-12)2-3-10(9)11;9-8-2-1-6(4-11)3-7(8)5-14(10,12)13/h2-4H,6H2,1H3;1-3H,5H2. The van der Waals surface area contributed by atoms with Crippen LogP contribution in [-0.2, 0) is 25.4 Å².